The highest BCUT2D eigenvalue weighted by Crippen LogP contribution is 2.28. The molecule has 6 nitrogen and oxygen atoms in total. The third-order valence-corrected chi connectivity index (χ3v) is 6.49. The van der Waals surface area contributed by atoms with Crippen molar-refractivity contribution in [2.45, 2.75) is 54.1 Å². The van der Waals surface area contributed by atoms with Gasteiger partial charge in [0.1, 0.15) is 18.2 Å². The highest BCUT2D eigenvalue weighted by molar-refractivity contribution is 5.97. The van der Waals surface area contributed by atoms with Gasteiger partial charge in [0.15, 0.2) is 0 Å². The Balaban J connectivity index is 1.80. The summed E-state index contributed by atoms with van der Waals surface area (Å²) in [6, 6.07) is 18.0. The highest BCUT2D eigenvalue weighted by Gasteiger charge is 2.25. The minimum absolute atomic E-state index is 0.0128. The molecule has 1 aromatic heterocycles. The fourth-order valence-corrected chi connectivity index (χ4v) is 4.89. The Bertz CT molecular complexity index is 1380. The number of aliphatic hydroxyl groups is 1. The first-order chi connectivity index (χ1) is 17.2. The van der Waals surface area contributed by atoms with E-state index < -0.39 is 0 Å². The summed E-state index contributed by atoms with van der Waals surface area (Å²) in [5, 5.41) is 9.09. The Morgan fingerprint density at radius 1 is 1.00 bits per heavy atom. The zero-order chi connectivity index (χ0) is 26.0. The van der Waals surface area contributed by atoms with E-state index in [2.05, 4.69) is 29.7 Å². The van der Waals surface area contributed by atoms with Crippen LogP contribution >= 0.6 is 0 Å². The predicted octanol–water partition coefficient (Wildman–Crippen LogP) is 5.68. The average Bonchev–Trinajstić information content (AvgIpc) is 3.18. The van der Waals surface area contributed by atoms with E-state index in [1.165, 1.54) is 0 Å². The average molecular weight is 486 g/mol. The van der Waals surface area contributed by atoms with Crippen molar-refractivity contribution in [3.8, 4) is 11.4 Å². The maximum Gasteiger partial charge on any atom is 0.255 e. The number of benzene rings is 3. The number of aromatic nitrogens is 2. The van der Waals surface area contributed by atoms with Crippen molar-refractivity contribution in [1.82, 2.24) is 14.5 Å². The second kappa shape index (κ2) is 10.5. The number of rotatable bonds is 8. The zero-order valence-corrected chi connectivity index (χ0v) is 22.0. The van der Waals surface area contributed by atoms with Crippen LogP contribution in [0.1, 0.15) is 52.3 Å². The van der Waals surface area contributed by atoms with Crippen molar-refractivity contribution in [2.75, 3.05) is 13.2 Å². The molecule has 4 aromatic rings. The van der Waals surface area contributed by atoms with Gasteiger partial charge in [0.2, 0.25) is 0 Å². The number of aryl methyl sites for hydroxylation is 4. The lowest BCUT2D eigenvalue weighted by Crippen LogP contribution is -2.38. The van der Waals surface area contributed by atoms with Crippen molar-refractivity contribution in [2.24, 2.45) is 0 Å². The van der Waals surface area contributed by atoms with Gasteiger partial charge >= 0.3 is 0 Å². The van der Waals surface area contributed by atoms with Crippen molar-refractivity contribution in [3.63, 3.8) is 0 Å². The van der Waals surface area contributed by atoms with Crippen molar-refractivity contribution in [1.29, 1.82) is 0 Å². The summed E-state index contributed by atoms with van der Waals surface area (Å²) < 4.78 is 7.74. The number of aliphatic hydroxyl groups excluding tert-OH is 1. The second-order valence-corrected chi connectivity index (χ2v) is 9.67. The molecule has 36 heavy (non-hydrogen) atoms. The van der Waals surface area contributed by atoms with Crippen LogP contribution in [0.15, 0.2) is 54.6 Å². The van der Waals surface area contributed by atoms with Gasteiger partial charge in [-0.05, 0) is 88.6 Å². The number of hydrogen-bond acceptors (Lipinski definition) is 4. The molecular weight excluding hydrogens is 450 g/mol. The molecule has 0 bridgehead atoms. The number of carbonyl (C=O) groups is 1. The topological polar surface area (TPSA) is 67.6 Å². The molecule has 0 saturated heterocycles. The van der Waals surface area contributed by atoms with E-state index >= 15 is 0 Å². The molecule has 3 aromatic carbocycles. The maximum absolute atomic E-state index is 13.9. The number of amides is 1. The van der Waals surface area contributed by atoms with Gasteiger partial charge in [-0.2, -0.15) is 0 Å². The summed E-state index contributed by atoms with van der Waals surface area (Å²) in [5.41, 5.74) is 7.76. The summed E-state index contributed by atoms with van der Waals surface area (Å²) in [6.07, 6.45) is 0. The molecule has 1 heterocycles. The standard InChI is InChI=1S/C30H35N3O3/c1-19(2)32(30(35)29-22(5)15-20(3)16-23(29)6)18-28-31-25-9-7-8-10-27(25)33(28)26-12-11-24(17-21(26)4)36-14-13-34/h7-12,15-17,19,34H,13-14,18H2,1-6H3. The van der Waals surface area contributed by atoms with Crippen LogP contribution in [0.25, 0.3) is 16.7 Å². The molecule has 1 N–H and O–H groups in total. The van der Waals surface area contributed by atoms with E-state index in [0.29, 0.717) is 12.3 Å². The Hall–Kier alpha value is -3.64. The van der Waals surface area contributed by atoms with E-state index in [9.17, 15) is 4.79 Å². The number of imidazole rings is 1. The molecular formula is C30H35N3O3. The van der Waals surface area contributed by atoms with E-state index in [0.717, 1.165) is 50.4 Å². The molecule has 0 radical (unpaired) electrons. The molecule has 0 aliphatic rings. The van der Waals surface area contributed by atoms with Gasteiger partial charge in [0.25, 0.3) is 5.91 Å². The number of para-hydroxylation sites is 2. The predicted molar refractivity (Wildman–Crippen MR) is 144 cm³/mol. The van der Waals surface area contributed by atoms with Crippen LogP contribution in [-0.4, -0.2) is 44.7 Å². The Labute approximate surface area is 213 Å². The van der Waals surface area contributed by atoms with Gasteiger partial charge in [-0.1, -0.05) is 29.8 Å². The van der Waals surface area contributed by atoms with Crippen LogP contribution in [-0.2, 0) is 6.54 Å². The van der Waals surface area contributed by atoms with Gasteiger partial charge < -0.3 is 14.7 Å². The Morgan fingerprint density at radius 2 is 1.69 bits per heavy atom. The quantitative estimate of drug-likeness (QED) is 0.349. The van der Waals surface area contributed by atoms with Crippen LogP contribution in [0.2, 0.25) is 0 Å². The number of carbonyl (C=O) groups excluding carboxylic acids is 1. The molecule has 0 fully saturated rings. The maximum atomic E-state index is 13.9. The minimum Gasteiger partial charge on any atom is -0.491 e. The van der Waals surface area contributed by atoms with E-state index in [4.69, 9.17) is 14.8 Å². The fraction of sp³-hybridized carbons (Fsp3) is 0.333. The van der Waals surface area contributed by atoms with Gasteiger partial charge in [-0.3, -0.25) is 9.36 Å². The normalized spacial score (nSPS) is 11.3. The number of hydrogen-bond donors (Lipinski definition) is 1. The van der Waals surface area contributed by atoms with Crippen LogP contribution < -0.4 is 4.74 Å². The number of fused-ring (bicyclic) bond motifs is 1. The molecule has 4 rings (SSSR count). The molecule has 0 spiro atoms. The number of nitrogens with zero attached hydrogens (tertiary/aromatic N) is 3. The number of ether oxygens (including phenoxy) is 1. The molecule has 0 saturated carbocycles. The molecule has 1 amide bonds. The largest absolute Gasteiger partial charge is 0.491 e. The summed E-state index contributed by atoms with van der Waals surface area (Å²) in [5.74, 6) is 1.52. The second-order valence-electron chi connectivity index (χ2n) is 9.67. The lowest BCUT2D eigenvalue weighted by Gasteiger charge is -2.28. The molecule has 6 heteroatoms. The SMILES string of the molecule is Cc1cc(C)c(C(=O)N(Cc2nc3ccccc3n2-c2ccc(OCCO)cc2C)C(C)C)c(C)c1. The van der Waals surface area contributed by atoms with E-state index in [1.54, 1.807) is 0 Å². The van der Waals surface area contributed by atoms with Gasteiger partial charge in [-0.25, -0.2) is 4.98 Å². The van der Waals surface area contributed by atoms with Crippen LogP contribution in [0, 0.1) is 27.7 Å². The molecule has 188 valence electrons. The van der Waals surface area contributed by atoms with Crippen LogP contribution in [0.3, 0.4) is 0 Å². The fourth-order valence-electron chi connectivity index (χ4n) is 4.89. The lowest BCUT2D eigenvalue weighted by molar-refractivity contribution is 0.0683. The third kappa shape index (κ3) is 5.00. The highest BCUT2D eigenvalue weighted by atomic mass is 16.5. The molecule has 0 aliphatic heterocycles. The summed E-state index contributed by atoms with van der Waals surface area (Å²) in [6.45, 7) is 12.8. The van der Waals surface area contributed by atoms with E-state index in [-0.39, 0.29) is 25.2 Å². The lowest BCUT2D eigenvalue weighted by atomic mass is 9.98. The smallest absolute Gasteiger partial charge is 0.255 e. The van der Waals surface area contributed by atoms with Crippen molar-refractivity contribution >= 4 is 16.9 Å². The summed E-state index contributed by atoms with van der Waals surface area (Å²) in [4.78, 5) is 20.7. The molecule has 0 unspecified atom stereocenters. The monoisotopic (exact) mass is 485 g/mol. The summed E-state index contributed by atoms with van der Waals surface area (Å²) >= 11 is 0. The van der Waals surface area contributed by atoms with Crippen molar-refractivity contribution in [3.05, 3.63) is 88.2 Å². The minimum atomic E-state index is -0.0316. The first kappa shape index (κ1) is 25.5. The van der Waals surface area contributed by atoms with E-state index in [1.807, 2.05) is 75.9 Å². The Morgan fingerprint density at radius 3 is 2.33 bits per heavy atom. The first-order valence-corrected chi connectivity index (χ1v) is 12.4. The molecule has 0 atom stereocenters. The molecule has 0 aliphatic carbocycles. The summed E-state index contributed by atoms with van der Waals surface area (Å²) in [7, 11) is 0. The van der Waals surface area contributed by atoms with Crippen LogP contribution in [0.4, 0.5) is 0 Å². The Kier molecular flexibility index (Phi) is 7.45. The first-order valence-electron chi connectivity index (χ1n) is 12.4. The van der Waals surface area contributed by atoms with Gasteiger partial charge in [-0.15, -0.1) is 0 Å². The third-order valence-electron chi connectivity index (χ3n) is 6.49. The van der Waals surface area contributed by atoms with Gasteiger partial charge in [0, 0.05) is 11.6 Å². The zero-order valence-electron chi connectivity index (χ0n) is 22.0. The van der Waals surface area contributed by atoms with Crippen LogP contribution in [0.5, 0.6) is 5.75 Å². The van der Waals surface area contributed by atoms with Crippen molar-refractivity contribution < 1.29 is 14.6 Å². The van der Waals surface area contributed by atoms with Gasteiger partial charge in [0.05, 0.1) is 29.9 Å².